The highest BCUT2D eigenvalue weighted by molar-refractivity contribution is 6.76. The van der Waals surface area contributed by atoms with Crippen LogP contribution in [0, 0.1) is 11.3 Å². The molecule has 0 N–H and O–H groups in total. The number of aromatic nitrogens is 2. The van der Waals surface area contributed by atoms with E-state index in [2.05, 4.69) is 30.8 Å². The Labute approximate surface area is 149 Å². The molecule has 1 aromatic carbocycles. The number of nitrogens with zero attached hydrogens (tertiary/aromatic N) is 3. The number of hydrogen-bond acceptors (Lipinski definition) is 5. The quantitative estimate of drug-likeness (QED) is 0.430. The Morgan fingerprint density at radius 3 is 2.72 bits per heavy atom. The van der Waals surface area contributed by atoms with Gasteiger partial charge >= 0.3 is 5.97 Å². The lowest BCUT2D eigenvalue weighted by atomic mass is 10.1. The standard InChI is InChI=1S/C18H23N3O3Si/c1-23-18(22)17-11-16(15-7-5-6-14(10-15)12-19)20-21(17)13-24-8-9-25(2,3)4/h5-7,10-11H,8-9,13H2,1-4H3. The number of carbonyl (C=O) groups excluding carboxylic acids is 1. The zero-order chi connectivity index (χ0) is 18.4. The van der Waals surface area contributed by atoms with E-state index in [0.29, 0.717) is 23.6 Å². The molecule has 132 valence electrons. The summed E-state index contributed by atoms with van der Waals surface area (Å²) in [6, 6.07) is 11.9. The van der Waals surface area contributed by atoms with Crippen molar-refractivity contribution in [2.24, 2.45) is 0 Å². The minimum absolute atomic E-state index is 0.187. The zero-order valence-corrected chi connectivity index (χ0v) is 16.1. The summed E-state index contributed by atoms with van der Waals surface area (Å²) in [5.74, 6) is -0.469. The molecule has 0 radical (unpaired) electrons. The van der Waals surface area contributed by atoms with E-state index in [4.69, 9.17) is 14.7 Å². The SMILES string of the molecule is COC(=O)c1cc(-c2cccc(C#N)c2)nn1COCC[Si](C)(C)C. The van der Waals surface area contributed by atoms with Gasteiger partial charge in [0.05, 0.1) is 24.4 Å². The summed E-state index contributed by atoms with van der Waals surface area (Å²) in [7, 11) is 0.162. The van der Waals surface area contributed by atoms with Gasteiger partial charge in [-0.15, -0.1) is 0 Å². The Morgan fingerprint density at radius 1 is 1.32 bits per heavy atom. The highest BCUT2D eigenvalue weighted by Gasteiger charge is 2.18. The average Bonchev–Trinajstić information content (AvgIpc) is 3.01. The third-order valence-corrected chi connectivity index (χ3v) is 5.38. The first-order valence-electron chi connectivity index (χ1n) is 8.08. The van der Waals surface area contributed by atoms with E-state index in [1.165, 1.54) is 11.8 Å². The van der Waals surface area contributed by atoms with Crippen molar-refractivity contribution in [2.45, 2.75) is 32.4 Å². The van der Waals surface area contributed by atoms with Crippen molar-refractivity contribution in [2.75, 3.05) is 13.7 Å². The predicted molar refractivity (Wildman–Crippen MR) is 97.8 cm³/mol. The molecule has 0 aliphatic carbocycles. The van der Waals surface area contributed by atoms with Crippen LogP contribution in [0.2, 0.25) is 25.7 Å². The summed E-state index contributed by atoms with van der Waals surface area (Å²) in [6.07, 6.45) is 0. The van der Waals surface area contributed by atoms with Crippen LogP contribution in [0.3, 0.4) is 0 Å². The van der Waals surface area contributed by atoms with Gasteiger partial charge in [0.2, 0.25) is 0 Å². The summed E-state index contributed by atoms with van der Waals surface area (Å²) in [5.41, 5.74) is 2.24. The Hall–Kier alpha value is -2.43. The van der Waals surface area contributed by atoms with Crippen LogP contribution < -0.4 is 0 Å². The fraction of sp³-hybridized carbons (Fsp3) is 0.389. The zero-order valence-electron chi connectivity index (χ0n) is 15.1. The maximum absolute atomic E-state index is 12.0. The highest BCUT2D eigenvalue weighted by atomic mass is 28.3. The molecular formula is C18H23N3O3Si. The molecule has 0 fully saturated rings. The smallest absolute Gasteiger partial charge is 0.356 e. The van der Waals surface area contributed by atoms with Gasteiger partial charge in [-0.3, -0.25) is 0 Å². The van der Waals surface area contributed by atoms with Gasteiger partial charge in [-0.05, 0) is 24.2 Å². The van der Waals surface area contributed by atoms with E-state index in [1.54, 1.807) is 24.3 Å². The Bertz CT molecular complexity index is 788. The second-order valence-electron chi connectivity index (χ2n) is 6.95. The van der Waals surface area contributed by atoms with E-state index in [0.717, 1.165) is 11.6 Å². The average molecular weight is 357 g/mol. The molecule has 0 aliphatic rings. The van der Waals surface area contributed by atoms with Crippen molar-refractivity contribution in [3.05, 3.63) is 41.6 Å². The lowest BCUT2D eigenvalue weighted by Gasteiger charge is -2.15. The molecule has 0 saturated carbocycles. The van der Waals surface area contributed by atoms with Crippen LogP contribution in [0.5, 0.6) is 0 Å². The number of methoxy groups -OCH3 is 1. The fourth-order valence-corrected chi connectivity index (χ4v) is 2.96. The van der Waals surface area contributed by atoms with Crippen molar-refractivity contribution < 1.29 is 14.3 Å². The van der Waals surface area contributed by atoms with E-state index >= 15 is 0 Å². The first-order chi connectivity index (χ1) is 11.8. The second kappa shape index (κ2) is 8.10. The molecule has 6 nitrogen and oxygen atoms in total. The highest BCUT2D eigenvalue weighted by Crippen LogP contribution is 2.21. The molecule has 0 spiro atoms. The monoisotopic (exact) mass is 357 g/mol. The number of ether oxygens (including phenoxy) is 2. The van der Waals surface area contributed by atoms with Crippen molar-refractivity contribution in [1.29, 1.82) is 5.26 Å². The van der Waals surface area contributed by atoms with Crippen LogP contribution in [0.15, 0.2) is 30.3 Å². The molecule has 0 aliphatic heterocycles. The minimum atomic E-state index is -1.17. The van der Waals surface area contributed by atoms with Gasteiger partial charge < -0.3 is 9.47 Å². The van der Waals surface area contributed by atoms with E-state index < -0.39 is 14.0 Å². The van der Waals surface area contributed by atoms with Crippen molar-refractivity contribution in [3.63, 3.8) is 0 Å². The predicted octanol–water partition coefficient (Wildman–Crippen LogP) is 3.52. The third kappa shape index (κ3) is 5.27. The fourth-order valence-electron chi connectivity index (χ4n) is 2.20. The van der Waals surface area contributed by atoms with Crippen LogP contribution in [-0.4, -0.2) is 37.5 Å². The van der Waals surface area contributed by atoms with Gasteiger partial charge in [0.15, 0.2) is 0 Å². The summed E-state index contributed by atoms with van der Waals surface area (Å²) in [5, 5.41) is 13.5. The topological polar surface area (TPSA) is 77.1 Å². The molecule has 0 amide bonds. The van der Waals surface area contributed by atoms with Crippen molar-refractivity contribution in [3.8, 4) is 17.3 Å². The second-order valence-corrected chi connectivity index (χ2v) is 12.6. The van der Waals surface area contributed by atoms with Crippen LogP contribution in [0.4, 0.5) is 0 Å². The number of hydrogen-bond donors (Lipinski definition) is 0. The Morgan fingerprint density at radius 2 is 2.08 bits per heavy atom. The Balaban J connectivity index is 2.21. The molecule has 0 bridgehead atoms. The lowest BCUT2D eigenvalue weighted by Crippen LogP contribution is -2.22. The normalized spacial score (nSPS) is 11.2. The van der Waals surface area contributed by atoms with E-state index in [-0.39, 0.29) is 6.73 Å². The molecule has 1 heterocycles. The maximum atomic E-state index is 12.0. The molecule has 0 unspecified atom stereocenters. The van der Waals surface area contributed by atoms with Crippen molar-refractivity contribution >= 4 is 14.0 Å². The first kappa shape index (κ1) is 18.9. The van der Waals surface area contributed by atoms with Gasteiger partial charge in [0, 0.05) is 20.2 Å². The lowest BCUT2D eigenvalue weighted by molar-refractivity contribution is 0.0518. The van der Waals surface area contributed by atoms with Gasteiger partial charge in [-0.25, -0.2) is 9.48 Å². The summed E-state index contributed by atoms with van der Waals surface area (Å²) >= 11 is 0. The molecule has 7 heteroatoms. The van der Waals surface area contributed by atoms with Crippen molar-refractivity contribution in [1.82, 2.24) is 9.78 Å². The molecule has 0 atom stereocenters. The number of rotatable bonds is 7. The minimum Gasteiger partial charge on any atom is -0.464 e. The summed E-state index contributed by atoms with van der Waals surface area (Å²) < 4.78 is 12.0. The van der Waals surface area contributed by atoms with Crippen LogP contribution in [0.1, 0.15) is 16.1 Å². The summed E-state index contributed by atoms with van der Waals surface area (Å²) in [4.78, 5) is 12.0. The maximum Gasteiger partial charge on any atom is 0.356 e. The van der Waals surface area contributed by atoms with Crippen LogP contribution >= 0.6 is 0 Å². The molecule has 0 saturated heterocycles. The molecule has 25 heavy (non-hydrogen) atoms. The molecule has 2 aromatic rings. The third-order valence-electron chi connectivity index (χ3n) is 3.67. The number of carbonyl (C=O) groups is 1. The van der Waals surface area contributed by atoms with E-state index in [1.807, 2.05) is 6.07 Å². The summed E-state index contributed by atoms with van der Waals surface area (Å²) in [6.45, 7) is 7.67. The number of esters is 1. The van der Waals surface area contributed by atoms with Gasteiger partial charge in [0.1, 0.15) is 12.4 Å². The van der Waals surface area contributed by atoms with Gasteiger partial charge in [-0.1, -0.05) is 31.8 Å². The number of benzene rings is 1. The Kier molecular flexibility index (Phi) is 6.12. The van der Waals surface area contributed by atoms with Crippen LogP contribution in [-0.2, 0) is 16.2 Å². The van der Waals surface area contributed by atoms with Crippen LogP contribution in [0.25, 0.3) is 11.3 Å². The van der Waals surface area contributed by atoms with Gasteiger partial charge in [-0.2, -0.15) is 10.4 Å². The number of nitriles is 1. The molecular weight excluding hydrogens is 334 g/mol. The first-order valence-corrected chi connectivity index (χ1v) is 11.8. The van der Waals surface area contributed by atoms with E-state index in [9.17, 15) is 4.79 Å². The van der Waals surface area contributed by atoms with Gasteiger partial charge in [0.25, 0.3) is 0 Å². The molecule has 2 rings (SSSR count). The largest absolute Gasteiger partial charge is 0.464 e. The molecule has 1 aromatic heterocycles.